The summed E-state index contributed by atoms with van der Waals surface area (Å²) in [6, 6.07) is 12.6. The van der Waals surface area contributed by atoms with E-state index in [1.54, 1.807) is 0 Å². The van der Waals surface area contributed by atoms with E-state index < -0.39 is 0 Å². The van der Waals surface area contributed by atoms with Crippen molar-refractivity contribution < 1.29 is 4.79 Å². The van der Waals surface area contributed by atoms with Gasteiger partial charge in [-0.15, -0.1) is 0 Å². The SMILES string of the molecule is N=Cc1ccc(CC(=O)N2CCCCC2CCN2CCCCC2)c2ccccc12. The van der Waals surface area contributed by atoms with Crippen molar-refractivity contribution in [1.82, 2.24) is 9.80 Å². The van der Waals surface area contributed by atoms with Gasteiger partial charge in [0.05, 0.1) is 6.42 Å². The van der Waals surface area contributed by atoms with E-state index in [9.17, 15) is 4.79 Å². The Balaban J connectivity index is 1.46. The first-order chi connectivity index (χ1) is 14.3. The maximum absolute atomic E-state index is 13.3. The molecule has 1 atom stereocenters. The predicted octanol–water partition coefficient (Wildman–Crippen LogP) is 4.64. The number of carbonyl (C=O) groups excluding carboxylic acids is 1. The Labute approximate surface area is 174 Å². The highest BCUT2D eigenvalue weighted by Gasteiger charge is 2.27. The van der Waals surface area contributed by atoms with Gasteiger partial charge in [0.1, 0.15) is 0 Å². The molecule has 0 saturated carbocycles. The van der Waals surface area contributed by atoms with Crippen molar-refractivity contribution in [3.63, 3.8) is 0 Å². The van der Waals surface area contributed by atoms with Gasteiger partial charge in [-0.2, -0.15) is 0 Å². The molecule has 4 rings (SSSR count). The van der Waals surface area contributed by atoms with E-state index in [-0.39, 0.29) is 5.91 Å². The summed E-state index contributed by atoms with van der Waals surface area (Å²) in [4.78, 5) is 18.1. The van der Waals surface area contributed by atoms with Gasteiger partial charge in [0.2, 0.25) is 5.91 Å². The van der Waals surface area contributed by atoms with Crippen LogP contribution in [0.15, 0.2) is 36.4 Å². The Morgan fingerprint density at radius 2 is 1.72 bits per heavy atom. The van der Waals surface area contributed by atoms with E-state index in [0.717, 1.165) is 54.3 Å². The molecular weight excluding hydrogens is 358 g/mol. The molecule has 2 aliphatic rings. The number of piperidine rings is 2. The van der Waals surface area contributed by atoms with Crippen LogP contribution in [-0.4, -0.2) is 54.1 Å². The number of nitrogens with one attached hydrogen (secondary N) is 1. The molecule has 1 amide bonds. The lowest BCUT2D eigenvalue weighted by atomic mass is 9.95. The molecule has 0 aliphatic carbocycles. The number of fused-ring (bicyclic) bond motifs is 1. The fourth-order valence-electron chi connectivity index (χ4n) is 5.07. The number of carbonyl (C=O) groups is 1. The highest BCUT2D eigenvalue weighted by Crippen LogP contribution is 2.25. The average Bonchev–Trinajstić information content (AvgIpc) is 2.79. The first kappa shape index (κ1) is 20.1. The fourth-order valence-corrected chi connectivity index (χ4v) is 5.07. The zero-order chi connectivity index (χ0) is 20.1. The van der Waals surface area contributed by atoms with Crippen molar-refractivity contribution in [2.75, 3.05) is 26.2 Å². The number of amides is 1. The average molecular weight is 392 g/mol. The van der Waals surface area contributed by atoms with E-state index in [0.29, 0.717) is 12.5 Å². The first-order valence-electron chi connectivity index (χ1n) is 11.3. The van der Waals surface area contributed by atoms with E-state index >= 15 is 0 Å². The molecule has 4 heteroatoms. The molecule has 1 unspecified atom stereocenters. The van der Waals surface area contributed by atoms with Gasteiger partial charge in [-0.3, -0.25) is 4.79 Å². The molecule has 2 heterocycles. The summed E-state index contributed by atoms with van der Waals surface area (Å²) < 4.78 is 0. The Hall–Kier alpha value is -2.20. The zero-order valence-electron chi connectivity index (χ0n) is 17.4. The number of hydrogen-bond donors (Lipinski definition) is 1. The molecule has 1 N–H and O–H groups in total. The summed E-state index contributed by atoms with van der Waals surface area (Å²) in [7, 11) is 0. The van der Waals surface area contributed by atoms with Gasteiger partial charge >= 0.3 is 0 Å². The molecule has 2 saturated heterocycles. The van der Waals surface area contributed by atoms with E-state index in [1.807, 2.05) is 30.3 Å². The second-order valence-electron chi connectivity index (χ2n) is 8.61. The van der Waals surface area contributed by atoms with Crippen LogP contribution in [0.1, 0.15) is 56.1 Å². The van der Waals surface area contributed by atoms with Crippen molar-refractivity contribution in [3.8, 4) is 0 Å². The number of likely N-dealkylation sites (tertiary alicyclic amines) is 2. The number of benzene rings is 2. The maximum atomic E-state index is 13.3. The topological polar surface area (TPSA) is 47.4 Å². The lowest BCUT2D eigenvalue weighted by molar-refractivity contribution is -0.134. The summed E-state index contributed by atoms with van der Waals surface area (Å²) in [5.74, 6) is 0.265. The van der Waals surface area contributed by atoms with Crippen LogP contribution >= 0.6 is 0 Å². The third-order valence-electron chi connectivity index (χ3n) is 6.72. The second kappa shape index (κ2) is 9.53. The quantitative estimate of drug-likeness (QED) is 0.730. The highest BCUT2D eigenvalue weighted by atomic mass is 16.2. The molecule has 0 radical (unpaired) electrons. The minimum Gasteiger partial charge on any atom is -0.339 e. The Morgan fingerprint density at radius 1 is 0.966 bits per heavy atom. The summed E-state index contributed by atoms with van der Waals surface area (Å²) in [5, 5.41) is 9.81. The number of rotatable bonds is 6. The normalized spacial score (nSPS) is 20.7. The van der Waals surface area contributed by atoms with Crippen LogP contribution in [-0.2, 0) is 11.2 Å². The third kappa shape index (κ3) is 4.69. The van der Waals surface area contributed by atoms with Gasteiger partial charge in [-0.25, -0.2) is 0 Å². The summed E-state index contributed by atoms with van der Waals surface area (Å²) >= 11 is 0. The molecule has 2 aliphatic heterocycles. The largest absolute Gasteiger partial charge is 0.339 e. The van der Waals surface area contributed by atoms with Crippen molar-refractivity contribution in [2.24, 2.45) is 0 Å². The summed E-state index contributed by atoms with van der Waals surface area (Å²) in [6.07, 6.45) is 10.5. The van der Waals surface area contributed by atoms with Gasteiger partial charge in [0.25, 0.3) is 0 Å². The molecule has 0 aromatic heterocycles. The number of hydrogen-bond acceptors (Lipinski definition) is 3. The van der Waals surface area contributed by atoms with E-state index in [2.05, 4.69) is 15.9 Å². The second-order valence-corrected chi connectivity index (χ2v) is 8.61. The van der Waals surface area contributed by atoms with Crippen molar-refractivity contribution in [3.05, 3.63) is 47.5 Å². The van der Waals surface area contributed by atoms with Crippen molar-refractivity contribution in [1.29, 1.82) is 5.41 Å². The molecule has 4 nitrogen and oxygen atoms in total. The molecule has 2 aromatic rings. The molecular formula is C25H33N3O. The van der Waals surface area contributed by atoms with Gasteiger partial charge < -0.3 is 15.2 Å². The Morgan fingerprint density at radius 3 is 2.52 bits per heavy atom. The standard InChI is InChI=1S/C25H33N3O/c26-19-21-12-11-20(23-9-2-3-10-24(21)23)18-25(29)28-16-7-4-8-22(28)13-17-27-14-5-1-6-15-27/h2-3,9-12,19,22,26H,1,4-8,13-18H2. The Bertz CT molecular complexity index is 856. The zero-order valence-corrected chi connectivity index (χ0v) is 17.4. The van der Waals surface area contributed by atoms with Crippen molar-refractivity contribution >= 4 is 22.9 Å². The van der Waals surface area contributed by atoms with Crippen LogP contribution < -0.4 is 0 Å². The monoisotopic (exact) mass is 391 g/mol. The van der Waals surface area contributed by atoms with Crippen LogP contribution in [0, 0.1) is 5.41 Å². The Kier molecular flexibility index (Phi) is 6.60. The summed E-state index contributed by atoms with van der Waals surface area (Å²) in [6.45, 7) is 4.49. The van der Waals surface area contributed by atoms with Gasteiger partial charge in [0, 0.05) is 25.3 Å². The smallest absolute Gasteiger partial charge is 0.227 e. The molecule has 29 heavy (non-hydrogen) atoms. The van der Waals surface area contributed by atoms with Gasteiger partial charge in [-0.1, -0.05) is 42.8 Å². The molecule has 0 bridgehead atoms. The van der Waals surface area contributed by atoms with Gasteiger partial charge in [-0.05, 0) is 73.5 Å². The van der Waals surface area contributed by atoms with Crippen LogP contribution in [0.3, 0.4) is 0 Å². The predicted molar refractivity (Wildman–Crippen MR) is 120 cm³/mol. The third-order valence-corrected chi connectivity index (χ3v) is 6.72. The lowest BCUT2D eigenvalue weighted by Gasteiger charge is -2.37. The summed E-state index contributed by atoms with van der Waals surface area (Å²) in [5.41, 5.74) is 1.99. The minimum absolute atomic E-state index is 0.265. The maximum Gasteiger partial charge on any atom is 0.227 e. The highest BCUT2D eigenvalue weighted by molar-refractivity contribution is 6.01. The fraction of sp³-hybridized carbons (Fsp3) is 0.520. The van der Waals surface area contributed by atoms with Crippen LogP contribution in [0.2, 0.25) is 0 Å². The lowest BCUT2D eigenvalue weighted by Crippen LogP contribution is -2.46. The molecule has 154 valence electrons. The first-order valence-corrected chi connectivity index (χ1v) is 11.3. The van der Waals surface area contributed by atoms with E-state index in [4.69, 9.17) is 5.41 Å². The van der Waals surface area contributed by atoms with E-state index in [1.165, 1.54) is 45.0 Å². The van der Waals surface area contributed by atoms with Crippen molar-refractivity contribution in [2.45, 2.75) is 57.4 Å². The van der Waals surface area contributed by atoms with Crippen LogP contribution in [0.25, 0.3) is 10.8 Å². The van der Waals surface area contributed by atoms with Gasteiger partial charge in [0.15, 0.2) is 0 Å². The number of nitrogens with zero attached hydrogens (tertiary/aromatic N) is 2. The van der Waals surface area contributed by atoms with Crippen LogP contribution in [0.4, 0.5) is 0 Å². The van der Waals surface area contributed by atoms with Crippen LogP contribution in [0.5, 0.6) is 0 Å². The molecule has 2 fully saturated rings. The molecule has 2 aromatic carbocycles. The minimum atomic E-state index is 0.265. The molecule has 0 spiro atoms.